The van der Waals surface area contributed by atoms with Crippen LogP contribution in [0.25, 0.3) is 10.9 Å². The van der Waals surface area contributed by atoms with Crippen molar-refractivity contribution in [2.45, 2.75) is 11.8 Å². The average molecular weight is 330 g/mol. The summed E-state index contributed by atoms with van der Waals surface area (Å²) < 4.78 is 35.1. The molecule has 3 rings (SSSR count). The quantitative estimate of drug-likeness (QED) is 0.798. The van der Waals surface area contributed by atoms with Gasteiger partial charge in [0.25, 0.3) is 10.0 Å². The molecule has 0 atom stereocenters. The first-order chi connectivity index (χ1) is 10.9. The van der Waals surface area contributed by atoms with E-state index in [1.165, 1.54) is 7.11 Å². The number of nitrogens with zero attached hydrogens (tertiary/aromatic N) is 1. The van der Waals surface area contributed by atoms with Crippen molar-refractivity contribution in [2.75, 3.05) is 11.8 Å². The summed E-state index contributed by atoms with van der Waals surface area (Å²) in [6.07, 6.45) is 1.94. The fraction of sp³-hybridized carbons (Fsp3) is 0.176. The molecule has 0 saturated carbocycles. The second kappa shape index (κ2) is 5.62. The lowest BCUT2D eigenvalue weighted by Crippen LogP contribution is -2.14. The van der Waals surface area contributed by atoms with Gasteiger partial charge in [-0.3, -0.25) is 4.72 Å². The van der Waals surface area contributed by atoms with Crippen LogP contribution in [-0.2, 0) is 17.1 Å². The number of methoxy groups -OCH3 is 1. The summed E-state index contributed by atoms with van der Waals surface area (Å²) in [5.41, 5.74) is 2.41. The van der Waals surface area contributed by atoms with Crippen LogP contribution in [0.2, 0.25) is 0 Å². The first kappa shape index (κ1) is 15.4. The van der Waals surface area contributed by atoms with Gasteiger partial charge >= 0.3 is 0 Å². The minimum Gasteiger partial charge on any atom is -0.495 e. The number of nitrogens with one attached hydrogen (secondary N) is 1. The number of rotatable bonds is 4. The third-order valence-electron chi connectivity index (χ3n) is 3.75. The summed E-state index contributed by atoms with van der Waals surface area (Å²) in [5.74, 6) is 0.323. The average Bonchev–Trinajstić information content (AvgIpc) is 2.87. The van der Waals surface area contributed by atoms with Crippen LogP contribution in [0.4, 0.5) is 5.69 Å². The topological polar surface area (TPSA) is 60.3 Å². The van der Waals surface area contributed by atoms with E-state index in [1.54, 1.807) is 18.2 Å². The van der Waals surface area contributed by atoms with Gasteiger partial charge in [-0.2, -0.15) is 0 Å². The highest BCUT2D eigenvalue weighted by atomic mass is 32.2. The number of sulfonamides is 1. The summed E-state index contributed by atoms with van der Waals surface area (Å²) >= 11 is 0. The van der Waals surface area contributed by atoms with Gasteiger partial charge in [0, 0.05) is 29.8 Å². The van der Waals surface area contributed by atoms with Crippen LogP contribution in [0.3, 0.4) is 0 Å². The Morgan fingerprint density at radius 1 is 1.09 bits per heavy atom. The number of hydrogen-bond acceptors (Lipinski definition) is 3. The predicted molar refractivity (Wildman–Crippen MR) is 91.5 cm³/mol. The Labute approximate surface area is 135 Å². The molecule has 0 bridgehead atoms. The maximum atomic E-state index is 12.7. The lowest BCUT2D eigenvalue weighted by atomic mass is 10.2. The molecule has 0 aliphatic rings. The van der Waals surface area contributed by atoms with Crippen molar-refractivity contribution in [1.29, 1.82) is 0 Å². The van der Waals surface area contributed by atoms with Crippen molar-refractivity contribution >= 4 is 26.6 Å². The van der Waals surface area contributed by atoms with Gasteiger partial charge in [-0.15, -0.1) is 0 Å². The van der Waals surface area contributed by atoms with Gasteiger partial charge in [0.1, 0.15) is 10.6 Å². The minimum absolute atomic E-state index is 0.133. The third kappa shape index (κ3) is 2.90. The molecular weight excluding hydrogens is 312 g/mol. The van der Waals surface area contributed by atoms with E-state index < -0.39 is 10.0 Å². The van der Waals surface area contributed by atoms with Gasteiger partial charge in [0.05, 0.1) is 7.11 Å². The Morgan fingerprint density at radius 3 is 2.61 bits per heavy atom. The molecule has 3 aromatic rings. The summed E-state index contributed by atoms with van der Waals surface area (Å²) in [7, 11) is -0.316. The number of fused-ring (bicyclic) bond motifs is 1. The van der Waals surface area contributed by atoms with Crippen molar-refractivity contribution in [1.82, 2.24) is 4.57 Å². The summed E-state index contributed by atoms with van der Waals surface area (Å²) in [6.45, 7) is 1.84. The van der Waals surface area contributed by atoms with Gasteiger partial charge in [-0.1, -0.05) is 6.07 Å². The van der Waals surface area contributed by atoms with E-state index in [0.29, 0.717) is 11.4 Å². The molecule has 0 spiro atoms. The smallest absolute Gasteiger partial charge is 0.265 e. The van der Waals surface area contributed by atoms with Gasteiger partial charge in [0.2, 0.25) is 0 Å². The molecule has 5 nitrogen and oxygen atoms in total. The first-order valence-electron chi connectivity index (χ1n) is 7.13. The predicted octanol–water partition coefficient (Wildman–Crippen LogP) is 3.30. The second-order valence-corrected chi connectivity index (χ2v) is 7.11. The van der Waals surface area contributed by atoms with E-state index in [4.69, 9.17) is 4.74 Å². The number of anilines is 1. The summed E-state index contributed by atoms with van der Waals surface area (Å²) in [6, 6.07) is 12.5. The van der Waals surface area contributed by atoms with Crippen LogP contribution in [-0.4, -0.2) is 20.1 Å². The number of aryl methyl sites for hydroxylation is 2. The maximum absolute atomic E-state index is 12.7. The number of hydrogen-bond donors (Lipinski definition) is 1. The van der Waals surface area contributed by atoms with Crippen molar-refractivity contribution < 1.29 is 13.2 Å². The Balaban J connectivity index is 2.01. The summed E-state index contributed by atoms with van der Waals surface area (Å²) in [4.78, 5) is 0.133. The first-order valence-corrected chi connectivity index (χ1v) is 8.61. The van der Waals surface area contributed by atoms with Crippen LogP contribution >= 0.6 is 0 Å². The van der Waals surface area contributed by atoms with Gasteiger partial charge in [-0.05, 0) is 48.9 Å². The third-order valence-corrected chi connectivity index (χ3v) is 5.15. The highest BCUT2D eigenvalue weighted by Gasteiger charge is 2.20. The lowest BCUT2D eigenvalue weighted by molar-refractivity contribution is 0.402. The summed E-state index contributed by atoms with van der Waals surface area (Å²) in [5, 5.41) is 0.976. The fourth-order valence-electron chi connectivity index (χ4n) is 2.55. The number of benzene rings is 2. The zero-order valence-electron chi connectivity index (χ0n) is 13.2. The molecule has 1 heterocycles. The molecule has 0 radical (unpaired) electrons. The Bertz CT molecular complexity index is 975. The second-order valence-electron chi connectivity index (χ2n) is 5.46. The van der Waals surface area contributed by atoms with Gasteiger partial charge in [0.15, 0.2) is 0 Å². The van der Waals surface area contributed by atoms with Crippen molar-refractivity contribution in [2.24, 2.45) is 7.05 Å². The Morgan fingerprint density at radius 2 is 1.87 bits per heavy atom. The zero-order valence-corrected chi connectivity index (χ0v) is 14.0. The minimum atomic E-state index is -3.72. The molecular formula is C17H18N2O3S. The van der Waals surface area contributed by atoms with E-state index in [2.05, 4.69) is 4.72 Å². The van der Waals surface area contributed by atoms with Crippen LogP contribution in [0.1, 0.15) is 5.56 Å². The lowest BCUT2D eigenvalue weighted by Gasteiger charge is -2.12. The molecule has 23 heavy (non-hydrogen) atoms. The molecule has 0 aliphatic heterocycles. The molecule has 0 unspecified atom stereocenters. The van der Waals surface area contributed by atoms with Crippen LogP contribution in [0, 0.1) is 6.92 Å². The van der Waals surface area contributed by atoms with Gasteiger partial charge < -0.3 is 9.30 Å². The standard InChI is InChI=1S/C17H18N2O3S/c1-12-4-7-16(22-3)17(10-12)23(20,21)18-14-5-6-15-13(11-14)8-9-19(15)2/h4-11,18H,1-3H3. The maximum Gasteiger partial charge on any atom is 0.265 e. The highest BCUT2D eigenvalue weighted by molar-refractivity contribution is 7.92. The monoisotopic (exact) mass is 330 g/mol. The van der Waals surface area contributed by atoms with Crippen molar-refractivity contribution in [3.05, 3.63) is 54.2 Å². The Kier molecular flexibility index (Phi) is 3.77. The largest absolute Gasteiger partial charge is 0.495 e. The molecule has 120 valence electrons. The van der Waals surface area contributed by atoms with Crippen LogP contribution < -0.4 is 9.46 Å². The van der Waals surface area contributed by atoms with E-state index in [9.17, 15) is 8.42 Å². The highest BCUT2D eigenvalue weighted by Crippen LogP contribution is 2.28. The van der Waals surface area contributed by atoms with Crippen molar-refractivity contribution in [3.8, 4) is 5.75 Å². The molecule has 0 amide bonds. The SMILES string of the molecule is COc1ccc(C)cc1S(=O)(=O)Nc1ccc2c(ccn2C)c1. The molecule has 0 fully saturated rings. The Hall–Kier alpha value is -2.47. The molecule has 0 saturated heterocycles. The van der Waals surface area contributed by atoms with E-state index >= 15 is 0 Å². The van der Waals surface area contributed by atoms with Crippen molar-refractivity contribution in [3.63, 3.8) is 0 Å². The molecule has 1 N–H and O–H groups in total. The normalized spacial score (nSPS) is 11.6. The van der Waals surface area contributed by atoms with E-state index in [0.717, 1.165) is 16.5 Å². The fourth-order valence-corrected chi connectivity index (χ4v) is 3.85. The molecule has 1 aromatic heterocycles. The van der Waals surface area contributed by atoms with E-state index in [1.807, 2.05) is 49.0 Å². The number of aromatic nitrogens is 1. The van der Waals surface area contributed by atoms with Gasteiger partial charge in [-0.25, -0.2) is 8.42 Å². The molecule has 0 aliphatic carbocycles. The van der Waals surface area contributed by atoms with Crippen LogP contribution in [0.5, 0.6) is 5.75 Å². The molecule has 6 heteroatoms. The zero-order chi connectivity index (χ0) is 16.6. The van der Waals surface area contributed by atoms with Crippen LogP contribution in [0.15, 0.2) is 53.6 Å². The molecule has 2 aromatic carbocycles. The van der Waals surface area contributed by atoms with E-state index in [-0.39, 0.29) is 4.90 Å². The number of ether oxygens (including phenoxy) is 1.